The van der Waals surface area contributed by atoms with E-state index in [1.807, 2.05) is 37.3 Å². The van der Waals surface area contributed by atoms with Gasteiger partial charge in [0.05, 0.1) is 18.1 Å². The van der Waals surface area contributed by atoms with E-state index in [4.69, 9.17) is 4.74 Å². The van der Waals surface area contributed by atoms with E-state index >= 15 is 0 Å². The van der Waals surface area contributed by atoms with Gasteiger partial charge in [-0.1, -0.05) is 37.3 Å². The number of carbonyl (C=O) groups is 1. The molecule has 1 aliphatic heterocycles. The normalized spacial score (nSPS) is 30.8. The number of esters is 1. The van der Waals surface area contributed by atoms with E-state index in [2.05, 4.69) is 5.32 Å². The third-order valence-electron chi connectivity index (χ3n) is 3.47. The Balaban J connectivity index is 2.27. The smallest absolute Gasteiger partial charge is 0.323 e. The van der Waals surface area contributed by atoms with E-state index in [0.29, 0.717) is 5.75 Å². The van der Waals surface area contributed by atoms with Gasteiger partial charge >= 0.3 is 5.97 Å². The van der Waals surface area contributed by atoms with Crippen molar-refractivity contribution in [1.29, 1.82) is 0 Å². The Labute approximate surface area is 116 Å². The minimum atomic E-state index is -1.02. The maximum Gasteiger partial charge on any atom is 0.323 e. The van der Waals surface area contributed by atoms with E-state index in [9.17, 15) is 9.00 Å². The van der Waals surface area contributed by atoms with Crippen molar-refractivity contribution in [3.05, 3.63) is 35.9 Å². The Hall–Kier alpha value is -1.20. The van der Waals surface area contributed by atoms with Crippen LogP contribution < -0.4 is 5.32 Å². The molecule has 0 radical (unpaired) electrons. The van der Waals surface area contributed by atoms with E-state index in [1.54, 1.807) is 0 Å². The van der Waals surface area contributed by atoms with Crippen LogP contribution in [0.15, 0.2) is 30.3 Å². The number of rotatable bonds is 3. The maximum atomic E-state index is 12.3. The zero-order valence-corrected chi connectivity index (χ0v) is 12.0. The van der Waals surface area contributed by atoms with E-state index in [-0.39, 0.29) is 17.3 Å². The molecule has 1 aromatic carbocycles. The molecule has 4 unspecified atom stereocenters. The van der Waals surface area contributed by atoms with Crippen molar-refractivity contribution in [2.75, 3.05) is 12.9 Å². The van der Waals surface area contributed by atoms with Gasteiger partial charge in [-0.15, -0.1) is 0 Å². The molecular formula is C14H19NO3S. The number of carbonyl (C=O) groups excluding carboxylic acids is 1. The molecule has 0 saturated carbocycles. The molecule has 4 nitrogen and oxygen atoms in total. The van der Waals surface area contributed by atoms with Gasteiger partial charge in [0.15, 0.2) is 0 Å². The van der Waals surface area contributed by atoms with Crippen molar-refractivity contribution >= 4 is 16.8 Å². The van der Waals surface area contributed by atoms with Gasteiger partial charge in [-0.25, -0.2) is 0 Å². The third kappa shape index (κ3) is 3.04. The van der Waals surface area contributed by atoms with E-state index < -0.39 is 16.8 Å². The molecule has 1 saturated heterocycles. The second-order valence-corrected chi connectivity index (χ2v) is 6.33. The summed E-state index contributed by atoms with van der Waals surface area (Å²) in [4.78, 5) is 11.7. The number of methoxy groups -OCH3 is 1. The van der Waals surface area contributed by atoms with Crippen molar-refractivity contribution in [3.8, 4) is 0 Å². The van der Waals surface area contributed by atoms with Gasteiger partial charge in [-0.05, 0) is 12.0 Å². The number of hydrogen-bond acceptors (Lipinski definition) is 4. The first kappa shape index (κ1) is 14.2. The highest BCUT2D eigenvalue weighted by molar-refractivity contribution is 7.85. The van der Waals surface area contributed by atoms with Crippen LogP contribution in [0.1, 0.15) is 24.9 Å². The molecule has 0 amide bonds. The molecule has 1 aromatic rings. The second kappa shape index (κ2) is 6.30. The number of benzene rings is 1. The molecule has 1 heterocycles. The Morgan fingerprint density at radius 2 is 2.11 bits per heavy atom. The predicted octanol–water partition coefficient (Wildman–Crippen LogP) is 1.40. The molecule has 1 N–H and O–H groups in total. The lowest BCUT2D eigenvalue weighted by Gasteiger charge is -2.35. The zero-order chi connectivity index (χ0) is 13.8. The standard InChI is InChI=1S/C14H19NO3S/c1-3-12-13(10-7-5-4-6-8-10)15-11(9-19(12)17)14(16)18-2/h4-8,11-13,15H,3,9H2,1-2H3. The van der Waals surface area contributed by atoms with Crippen LogP contribution >= 0.6 is 0 Å². The van der Waals surface area contributed by atoms with Gasteiger partial charge in [0.2, 0.25) is 0 Å². The Morgan fingerprint density at radius 3 is 2.68 bits per heavy atom. The van der Waals surface area contributed by atoms with Crippen LogP contribution in [0.3, 0.4) is 0 Å². The summed E-state index contributed by atoms with van der Waals surface area (Å²) in [6, 6.07) is 9.29. The molecule has 0 bridgehead atoms. The van der Waals surface area contributed by atoms with E-state index in [0.717, 1.165) is 12.0 Å². The van der Waals surface area contributed by atoms with Gasteiger partial charge in [0, 0.05) is 16.8 Å². The summed E-state index contributed by atoms with van der Waals surface area (Å²) in [6.45, 7) is 2.03. The summed E-state index contributed by atoms with van der Waals surface area (Å²) < 4.78 is 17.1. The van der Waals surface area contributed by atoms with Gasteiger partial charge in [0.25, 0.3) is 0 Å². The lowest BCUT2D eigenvalue weighted by atomic mass is 10.0. The highest BCUT2D eigenvalue weighted by Crippen LogP contribution is 2.28. The highest BCUT2D eigenvalue weighted by atomic mass is 32.2. The monoisotopic (exact) mass is 281 g/mol. The van der Waals surface area contributed by atoms with Crippen LogP contribution in [-0.4, -0.2) is 34.3 Å². The van der Waals surface area contributed by atoms with Crippen LogP contribution in [-0.2, 0) is 20.3 Å². The molecule has 104 valence electrons. The van der Waals surface area contributed by atoms with Gasteiger partial charge < -0.3 is 4.74 Å². The average molecular weight is 281 g/mol. The van der Waals surface area contributed by atoms with Crippen molar-refractivity contribution < 1.29 is 13.7 Å². The minimum Gasteiger partial charge on any atom is -0.468 e. The fraction of sp³-hybridized carbons (Fsp3) is 0.500. The summed E-state index contributed by atoms with van der Waals surface area (Å²) in [5.41, 5.74) is 1.07. The largest absolute Gasteiger partial charge is 0.468 e. The molecule has 0 spiro atoms. The molecular weight excluding hydrogens is 262 g/mol. The molecule has 5 heteroatoms. The van der Waals surface area contributed by atoms with Crippen LogP contribution in [0.4, 0.5) is 0 Å². The average Bonchev–Trinajstić information content (AvgIpc) is 2.46. The van der Waals surface area contributed by atoms with Gasteiger partial charge in [0.1, 0.15) is 6.04 Å². The summed E-state index contributed by atoms with van der Waals surface area (Å²) in [5, 5.41) is 3.32. The van der Waals surface area contributed by atoms with Crippen molar-refractivity contribution in [2.45, 2.75) is 30.7 Å². The Kier molecular flexibility index (Phi) is 4.71. The fourth-order valence-electron chi connectivity index (χ4n) is 2.48. The quantitative estimate of drug-likeness (QED) is 0.851. The molecule has 4 atom stereocenters. The van der Waals surface area contributed by atoms with Crippen molar-refractivity contribution in [2.24, 2.45) is 0 Å². The second-order valence-electron chi connectivity index (χ2n) is 4.62. The third-order valence-corrected chi connectivity index (χ3v) is 5.41. The molecule has 0 aliphatic carbocycles. The lowest BCUT2D eigenvalue weighted by Crippen LogP contribution is -2.53. The van der Waals surface area contributed by atoms with Crippen LogP contribution in [0.5, 0.6) is 0 Å². The van der Waals surface area contributed by atoms with Gasteiger partial charge in [-0.3, -0.25) is 14.3 Å². The zero-order valence-electron chi connectivity index (χ0n) is 11.2. The van der Waals surface area contributed by atoms with Crippen LogP contribution in [0.25, 0.3) is 0 Å². The summed E-state index contributed by atoms with van der Waals surface area (Å²) in [7, 11) is 0.333. The molecule has 1 aliphatic rings. The maximum absolute atomic E-state index is 12.3. The van der Waals surface area contributed by atoms with Crippen molar-refractivity contribution in [3.63, 3.8) is 0 Å². The lowest BCUT2D eigenvalue weighted by molar-refractivity contribution is -0.142. The number of hydrogen-bond donors (Lipinski definition) is 1. The number of nitrogens with one attached hydrogen (secondary N) is 1. The molecule has 2 rings (SSSR count). The summed E-state index contributed by atoms with van der Waals surface area (Å²) in [5.74, 6) is -0.0158. The van der Waals surface area contributed by atoms with E-state index in [1.165, 1.54) is 7.11 Å². The Morgan fingerprint density at radius 1 is 1.42 bits per heavy atom. The highest BCUT2D eigenvalue weighted by Gasteiger charge is 2.38. The fourth-order valence-corrected chi connectivity index (χ4v) is 4.20. The number of ether oxygens (including phenoxy) is 1. The first-order valence-corrected chi connectivity index (χ1v) is 7.81. The van der Waals surface area contributed by atoms with Crippen LogP contribution in [0.2, 0.25) is 0 Å². The van der Waals surface area contributed by atoms with Gasteiger partial charge in [-0.2, -0.15) is 0 Å². The molecule has 0 aromatic heterocycles. The van der Waals surface area contributed by atoms with Crippen molar-refractivity contribution in [1.82, 2.24) is 5.32 Å². The first-order valence-electron chi connectivity index (χ1n) is 6.43. The molecule has 1 fully saturated rings. The van der Waals surface area contributed by atoms with Crippen LogP contribution in [0, 0.1) is 0 Å². The molecule has 19 heavy (non-hydrogen) atoms. The summed E-state index contributed by atoms with van der Waals surface area (Å²) in [6.07, 6.45) is 0.813. The SMILES string of the molecule is CCC1C(c2ccccc2)NC(C(=O)OC)CS1=O. The topological polar surface area (TPSA) is 55.4 Å². The Bertz CT molecular complexity index is 463. The predicted molar refractivity (Wildman–Crippen MR) is 75.2 cm³/mol. The minimum absolute atomic E-state index is 0.0308. The first-order chi connectivity index (χ1) is 9.17. The summed E-state index contributed by atoms with van der Waals surface area (Å²) >= 11 is 0.